The SMILES string of the molecule is COOCN(C)C. The van der Waals surface area contributed by atoms with Crippen molar-refractivity contribution in [1.82, 2.24) is 4.90 Å². The summed E-state index contributed by atoms with van der Waals surface area (Å²) >= 11 is 0. The maximum Gasteiger partial charge on any atom is 0.135 e. The maximum absolute atomic E-state index is 4.52. The van der Waals surface area contributed by atoms with Crippen LogP contribution in [0, 0.1) is 0 Å². The van der Waals surface area contributed by atoms with Crippen LogP contribution in [0.4, 0.5) is 0 Å². The number of hydrogen-bond acceptors (Lipinski definition) is 3. The summed E-state index contributed by atoms with van der Waals surface area (Å²) in [5, 5.41) is 0. The van der Waals surface area contributed by atoms with E-state index < -0.39 is 0 Å². The predicted octanol–water partition coefficient (Wildman–Crippen LogP) is 0.0835. The Morgan fingerprint density at radius 3 is 2.14 bits per heavy atom. The fraction of sp³-hybridized carbons (Fsp3) is 1.00. The third-order valence-corrected chi connectivity index (χ3v) is 0.429. The fourth-order valence-electron chi connectivity index (χ4n) is 0.158. The second-order valence-electron chi connectivity index (χ2n) is 1.49. The Morgan fingerprint density at radius 2 is 2.00 bits per heavy atom. The van der Waals surface area contributed by atoms with E-state index >= 15 is 0 Å². The van der Waals surface area contributed by atoms with Crippen molar-refractivity contribution in [2.75, 3.05) is 27.9 Å². The third kappa shape index (κ3) is 5.88. The molecule has 0 unspecified atom stereocenters. The fourth-order valence-corrected chi connectivity index (χ4v) is 0.158. The van der Waals surface area contributed by atoms with Gasteiger partial charge in [0.1, 0.15) is 6.73 Å². The Labute approximate surface area is 43.8 Å². The molecule has 0 rings (SSSR count). The molecule has 3 heteroatoms. The van der Waals surface area contributed by atoms with Crippen molar-refractivity contribution < 1.29 is 9.78 Å². The number of hydrogen-bond donors (Lipinski definition) is 0. The second kappa shape index (κ2) is 4.05. The van der Waals surface area contributed by atoms with Crippen molar-refractivity contribution in [3.05, 3.63) is 0 Å². The van der Waals surface area contributed by atoms with Crippen LogP contribution in [-0.2, 0) is 9.78 Å². The van der Waals surface area contributed by atoms with Gasteiger partial charge in [0.2, 0.25) is 0 Å². The molecule has 0 bridgehead atoms. The molecular weight excluding hydrogens is 94.0 g/mol. The molecule has 7 heavy (non-hydrogen) atoms. The zero-order valence-electron chi connectivity index (χ0n) is 4.97. The predicted molar refractivity (Wildman–Crippen MR) is 26.6 cm³/mol. The van der Waals surface area contributed by atoms with E-state index in [1.165, 1.54) is 7.11 Å². The summed E-state index contributed by atoms with van der Waals surface area (Å²) in [6.07, 6.45) is 0. The van der Waals surface area contributed by atoms with Crippen LogP contribution in [0.15, 0.2) is 0 Å². The molecule has 0 amide bonds. The highest BCUT2D eigenvalue weighted by atomic mass is 17.2. The lowest BCUT2D eigenvalue weighted by molar-refractivity contribution is -0.291. The molecule has 0 saturated carbocycles. The first-order chi connectivity index (χ1) is 3.27. The van der Waals surface area contributed by atoms with E-state index in [1.54, 1.807) is 0 Å². The molecule has 0 aliphatic rings. The Balaban J connectivity index is 2.68. The molecule has 0 fully saturated rings. The van der Waals surface area contributed by atoms with E-state index in [0.717, 1.165) is 0 Å². The minimum Gasteiger partial charge on any atom is -0.284 e. The van der Waals surface area contributed by atoms with Gasteiger partial charge in [0, 0.05) is 0 Å². The molecule has 0 aliphatic heterocycles. The van der Waals surface area contributed by atoms with Crippen LogP contribution in [0.3, 0.4) is 0 Å². The number of rotatable bonds is 3. The van der Waals surface area contributed by atoms with Crippen molar-refractivity contribution in [3.8, 4) is 0 Å². The Bertz CT molecular complexity index is 38.7. The Morgan fingerprint density at radius 1 is 1.43 bits per heavy atom. The first kappa shape index (κ1) is 6.88. The van der Waals surface area contributed by atoms with Crippen LogP contribution in [0.5, 0.6) is 0 Å². The molecule has 0 N–H and O–H groups in total. The van der Waals surface area contributed by atoms with E-state index in [0.29, 0.717) is 6.73 Å². The lowest BCUT2D eigenvalue weighted by atomic mass is 11.0. The van der Waals surface area contributed by atoms with Gasteiger partial charge in [-0.15, -0.1) is 0 Å². The first-order valence-corrected chi connectivity index (χ1v) is 2.07. The van der Waals surface area contributed by atoms with E-state index in [4.69, 9.17) is 0 Å². The first-order valence-electron chi connectivity index (χ1n) is 2.07. The van der Waals surface area contributed by atoms with Crippen LogP contribution in [-0.4, -0.2) is 32.8 Å². The molecule has 0 spiro atoms. The average Bonchev–Trinajstić information content (AvgIpc) is 1.61. The van der Waals surface area contributed by atoms with Crippen molar-refractivity contribution in [1.29, 1.82) is 0 Å². The minimum absolute atomic E-state index is 0.510. The van der Waals surface area contributed by atoms with E-state index in [9.17, 15) is 0 Å². The summed E-state index contributed by atoms with van der Waals surface area (Å²) in [5.74, 6) is 0. The highest BCUT2D eigenvalue weighted by Gasteiger charge is 1.83. The molecule has 0 aromatic carbocycles. The van der Waals surface area contributed by atoms with Crippen LogP contribution in [0.2, 0.25) is 0 Å². The zero-order valence-corrected chi connectivity index (χ0v) is 4.97. The molecular formula is C4H11NO2. The summed E-state index contributed by atoms with van der Waals surface area (Å²) in [6, 6.07) is 0. The van der Waals surface area contributed by atoms with E-state index in [1.807, 2.05) is 19.0 Å². The van der Waals surface area contributed by atoms with Gasteiger partial charge in [-0.2, -0.15) is 0 Å². The lowest BCUT2D eigenvalue weighted by Crippen LogP contribution is -2.15. The summed E-state index contributed by atoms with van der Waals surface area (Å²) in [4.78, 5) is 10.7. The van der Waals surface area contributed by atoms with Crippen molar-refractivity contribution in [3.63, 3.8) is 0 Å². The minimum atomic E-state index is 0.510. The van der Waals surface area contributed by atoms with Crippen molar-refractivity contribution in [2.45, 2.75) is 0 Å². The van der Waals surface area contributed by atoms with Crippen LogP contribution >= 0.6 is 0 Å². The molecule has 0 heterocycles. The van der Waals surface area contributed by atoms with Gasteiger partial charge in [0.15, 0.2) is 0 Å². The van der Waals surface area contributed by atoms with Crippen LogP contribution in [0.25, 0.3) is 0 Å². The summed E-state index contributed by atoms with van der Waals surface area (Å²) in [5.41, 5.74) is 0. The second-order valence-corrected chi connectivity index (χ2v) is 1.49. The third-order valence-electron chi connectivity index (χ3n) is 0.429. The largest absolute Gasteiger partial charge is 0.284 e. The van der Waals surface area contributed by atoms with Gasteiger partial charge in [0.25, 0.3) is 0 Å². The van der Waals surface area contributed by atoms with E-state index in [2.05, 4.69) is 9.78 Å². The van der Waals surface area contributed by atoms with Gasteiger partial charge >= 0.3 is 0 Å². The van der Waals surface area contributed by atoms with Gasteiger partial charge < -0.3 is 0 Å². The molecule has 3 nitrogen and oxygen atoms in total. The average molecular weight is 105 g/mol. The van der Waals surface area contributed by atoms with Gasteiger partial charge in [0.05, 0.1) is 7.11 Å². The summed E-state index contributed by atoms with van der Waals surface area (Å²) in [7, 11) is 5.29. The van der Waals surface area contributed by atoms with E-state index in [-0.39, 0.29) is 0 Å². The Hall–Kier alpha value is -0.120. The normalized spacial score (nSPS) is 10.3. The Kier molecular flexibility index (Phi) is 3.98. The lowest BCUT2D eigenvalue weighted by Gasteiger charge is -2.05. The zero-order chi connectivity index (χ0) is 5.70. The topological polar surface area (TPSA) is 21.7 Å². The molecule has 0 aromatic rings. The molecule has 0 radical (unpaired) electrons. The quantitative estimate of drug-likeness (QED) is 0.288. The number of nitrogens with zero attached hydrogens (tertiary/aromatic N) is 1. The van der Waals surface area contributed by atoms with Gasteiger partial charge in [-0.05, 0) is 14.1 Å². The summed E-state index contributed by atoms with van der Waals surface area (Å²) < 4.78 is 0. The van der Waals surface area contributed by atoms with Crippen LogP contribution < -0.4 is 0 Å². The van der Waals surface area contributed by atoms with Gasteiger partial charge in [-0.1, -0.05) is 0 Å². The monoisotopic (exact) mass is 105 g/mol. The van der Waals surface area contributed by atoms with Crippen LogP contribution in [0.1, 0.15) is 0 Å². The molecule has 0 atom stereocenters. The molecule has 44 valence electrons. The maximum atomic E-state index is 4.52. The highest BCUT2D eigenvalue weighted by molar-refractivity contribution is 4.19. The molecule has 0 aromatic heterocycles. The van der Waals surface area contributed by atoms with Crippen molar-refractivity contribution >= 4 is 0 Å². The molecule has 0 aliphatic carbocycles. The smallest absolute Gasteiger partial charge is 0.135 e. The standard InChI is InChI=1S/C4H11NO2/c1-5(2)4-7-6-3/h4H2,1-3H3. The summed E-state index contributed by atoms with van der Waals surface area (Å²) in [6.45, 7) is 0.510. The van der Waals surface area contributed by atoms with Crippen molar-refractivity contribution in [2.24, 2.45) is 0 Å². The molecule has 0 saturated heterocycles. The highest BCUT2D eigenvalue weighted by Crippen LogP contribution is 1.74. The van der Waals surface area contributed by atoms with Gasteiger partial charge in [-0.3, -0.25) is 4.90 Å². The van der Waals surface area contributed by atoms with Gasteiger partial charge in [-0.25, -0.2) is 9.78 Å².